The van der Waals surface area contributed by atoms with Crippen LogP contribution in [0.15, 0.2) is 89.8 Å². The predicted octanol–water partition coefficient (Wildman–Crippen LogP) is 3.26. The Morgan fingerprint density at radius 2 is 1.88 bits per heavy atom. The number of nitrogens with one attached hydrogen (secondary N) is 2. The second-order valence-electron chi connectivity index (χ2n) is 11.4. The summed E-state index contributed by atoms with van der Waals surface area (Å²) in [5.41, 5.74) is 1.34. The number of hydrogen-bond acceptors (Lipinski definition) is 12. The molecule has 0 saturated heterocycles. The van der Waals surface area contributed by atoms with Crippen molar-refractivity contribution in [3.8, 4) is 5.75 Å². The van der Waals surface area contributed by atoms with E-state index in [1.165, 1.54) is 55.0 Å². The van der Waals surface area contributed by atoms with Crippen LogP contribution in [0.25, 0.3) is 10.9 Å². The second kappa shape index (κ2) is 16.6. The number of anilines is 1. The van der Waals surface area contributed by atoms with E-state index in [2.05, 4.69) is 15.6 Å². The zero-order chi connectivity index (χ0) is 36.5. The Balaban J connectivity index is 1.30. The van der Waals surface area contributed by atoms with Gasteiger partial charge in [0.2, 0.25) is 22.2 Å². The lowest BCUT2D eigenvalue weighted by Crippen LogP contribution is -2.38. The number of nitro groups is 1. The van der Waals surface area contributed by atoms with E-state index >= 15 is 0 Å². The molecular weight excluding hydrogens is 684 g/mol. The van der Waals surface area contributed by atoms with Gasteiger partial charge in [0.1, 0.15) is 17.8 Å². The van der Waals surface area contributed by atoms with Crippen LogP contribution in [0.2, 0.25) is 0 Å². The summed E-state index contributed by atoms with van der Waals surface area (Å²) >= 11 is 0. The van der Waals surface area contributed by atoms with Crippen molar-refractivity contribution in [2.75, 3.05) is 51.8 Å². The number of methoxy groups -OCH3 is 1. The van der Waals surface area contributed by atoms with E-state index in [-0.39, 0.29) is 61.5 Å². The van der Waals surface area contributed by atoms with Gasteiger partial charge in [0.15, 0.2) is 5.76 Å². The van der Waals surface area contributed by atoms with Crippen molar-refractivity contribution >= 4 is 44.2 Å². The number of aliphatic hydroxyl groups excluding tert-OH is 1. The molecule has 2 atom stereocenters. The SMILES string of the molecule is COc1ccc(S(=O)(=O)N(CCO)CCO[C@@H]2C[C@H](c3cn(C(C)=O)c4ccccc34)C=C(C(=O)NCCNc3ccc([N+](=O)[O-])cn3)O2)cc1. The molecule has 0 fully saturated rings. The van der Waals surface area contributed by atoms with Gasteiger partial charge >= 0.3 is 0 Å². The molecule has 270 valence electrons. The molecule has 0 aliphatic carbocycles. The largest absolute Gasteiger partial charge is 0.497 e. The topological polar surface area (TPSA) is 204 Å². The van der Waals surface area contributed by atoms with Gasteiger partial charge in [-0.25, -0.2) is 13.4 Å². The van der Waals surface area contributed by atoms with Gasteiger partial charge in [0.25, 0.3) is 11.6 Å². The molecular formula is C34H38N6O10S. The van der Waals surface area contributed by atoms with E-state index in [0.29, 0.717) is 17.1 Å². The molecule has 3 N–H and O–H groups in total. The molecule has 0 spiro atoms. The third-order valence-electron chi connectivity index (χ3n) is 8.13. The molecule has 0 bridgehead atoms. The highest BCUT2D eigenvalue weighted by molar-refractivity contribution is 7.89. The maximum absolute atomic E-state index is 13.4. The first-order chi connectivity index (χ1) is 24.5. The summed E-state index contributed by atoms with van der Waals surface area (Å²) in [7, 11) is -2.52. The normalized spacial score (nSPS) is 16.0. The summed E-state index contributed by atoms with van der Waals surface area (Å²) < 4.78 is 46.6. The summed E-state index contributed by atoms with van der Waals surface area (Å²) in [4.78, 5) is 40.2. The Hall–Kier alpha value is -5.36. The lowest BCUT2D eigenvalue weighted by Gasteiger charge is -2.30. The number of nitrogens with zero attached hydrogens (tertiary/aromatic N) is 4. The number of benzene rings is 2. The number of carbonyl (C=O) groups excluding carboxylic acids is 2. The van der Waals surface area contributed by atoms with Crippen molar-refractivity contribution in [1.29, 1.82) is 0 Å². The van der Waals surface area contributed by atoms with Crippen LogP contribution in [0.5, 0.6) is 5.75 Å². The number of aliphatic hydroxyl groups is 1. The first-order valence-electron chi connectivity index (χ1n) is 16.0. The van der Waals surface area contributed by atoms with Crippen molar-refractivity contribution in [2.45, 2.75) is 30.4 Å². The molecule has 0 unspecified atom stereocenters. The van der Waals surface area contributed by atoms with Crippen LogP contribution in [-0.4, -0.2) is 96.9 Å². The van der Waals surface area contributed by atoms with E-state index in [9.17, 15) is 33.2 Å². The zero-order valence-corrected chi connectivity index (χ0v) is 28.7. The highest BCUT2D eigenvalue weighted by Gasteiger charge is 2.32. The second-order valence-corrected chi connectivity index (χ2v) is 13.4. The van der Waals surface area contributed by atoms with E-state index in [1.807, 2.05) is 24.3 Å². The molecule has 16 nitrogen and oxygen atoms in total. The summed E-state index contributed by atoms with van der Waals surface area (Å²) in [6.45, 7) is 1.03. The zero-order valence-electron chi connectivity index (χ0n) is 27.9. The van der Waals surface area contributed by atoms with Crippen molar-refractivity contribution in [3.63, 3.8) is 0 Å². The van der Waals surface area contributed by atoms with E-state index in [0.717, 1.165) is 21.5 Å². The Bertz CT molecular complexity index is 2000. The number of amides is 1. The lowest BCUT2D eigenvalue weighted by molar-refractivity contribution is -0.385. The molecule has 0 radical (unpaired) electrons. The molecule has 5 rings (SSSR count). The van der Waals surface area contributed by atoms with Crippen molar-refractivity contribution in [2.24, 2.45) is 0 Å². The lowest BCUT2D eigenvalue weighted by atomic mass is 9.92. The third-order valence-corrected chi connectivity index (χ3v) is 10.0. The minimum absolute atomic E-state index is 0.0216. The molecule has 2 aromatic carbocycles. The average Bonchev–Trinajstić information content (AvgIpc) is 3.53. The molecule has 1 aliphatic heterocycles. The van der Waals surface area contributed by atoms with Gasteiger partial charge in [0, 0.05) is 63.1 Å². The van der Waals surface area contributed by atoms with Crippen LogP contribution >= 0.6 is 0 Å². The minimum Gasteiger partial charge on any atom is -0.497 e. The summed E-state index contributed by atoms with van der Waals surface area (Å²) in [5, 5.41) is 27.1. The van der Waals surface area contributed by atoms with Gasteiger partial charge in [-0.3, -0.25) is 24.3 Å². The Labute approximate surface area is 293 Å². The van der Waals surface area contributed by atoms with E-state index < -0.39 is 39.7 Å². The number of hydrogen-bond donors (Lipinski definition) is 3. The molecule has 3 heterocycles. The first-order valence-corrected chi connectivity index (χ1v) is 17.4. The maximum atomic E-state index is 13.4. The van der Waals surface area contributed by atoms with Crippen LogP contribution in [-0.2, 0) is 24.3 Å². The van der Waals surface area contributed by atoms with Crippen LogP contribution in [0.4, 0.5) is 11.5 Å². The van der Waals surface area contributed by atoms with Crippen molar-refractivity contribution in [3.05, 3.63) is 101 Å². The minimum atomic E-state index is -3.99. The van der Waals surface area contributed by atoms with Crippen molar-refractivity contribution < 1.29 is 42.2 Å². The molecule has 51 heavy (non-hydrogen) atoms. The highest BCUT2D eigenvalue weighted by Crippen LogP contribution is 2.36. The molecule has 2 aromatic heterocycles. The summed E-state index contributed by atoms with van der Waals surface area (Å²) in [5.74, 6) is -0.284. The molecule has 4 aromatic rings. The Morgan fingerprint density at radius 3 is 2.55 bits per heavy atom. The van der Waals surface area contributed by atoms with Gasteiger partial charge in [-0.1, -0.05) is 18.2 Å². The summed E-state index contributed by atoms with van der Waals surface area (Å²) in [6.07, 6.45) is 3.81. The molecule has 1 aliphatic rings. The third kappa shape index (κ3) is 8.87. The van der Waals surface area contributed by atoms with Gasteiger partial charge < -0.3 is 30.0 Å². The quantitative estimate of drug-likeness (QED) is 0.0867. The maximum Gasteiger partial charge on any atom is 0.287 e. The molecule has 17 heteroatoms. The number of ether oxygens (including phenoxy) is 3. The number of allylic oxidation sites excluding steroid dienone is 1. The van der Waals surface area contributed by atoms with Gasteiger partial charge in [-0.15, -0.1) is 0 Å². The van der Waals surface area contributed by atoms with Crippen LogP contribution in [0.3, 0.4) is 0 Å². The van der Waals surface area contributed by atoms with Crippen LogP contribution < -0.4 is 15.4 Å². The first kappa shape index (κ1) is 36.9. The fourth-order valence-electron chi connectivity index (χ4n) is 5.60. The number of sulfonamides is 1. The monoisotopic (exact) mass is 722 g/mol. The van der Waals surface area contributed by atoms with Gasteiger partial charge in [-0.05, 0) is 48.0 Å². The number of aromatic nitrogens is 2. The fourth-order valence-corrected chi connectivity index (χ4v) is 7.01. The predicted molar refractivity (Wildman–Crippen MR) is 186 cm³/mol. The van der Waals surface area contributed by atoms with E-state index in [1.54, 1.807) is 12.3 Å². The smallest absolute Gasteiger partial charge is 0.287 e. The number of carbonyl (C=O) groups is 2. The Kier molecular flexibility index (Phi) is 12.0. The summed E-state index contributed by atoms with van der Waals surface area (Å²) in [6, 6.07) is 16.1. The molecule has 1 amide bonds. The van der Waals surface area contributed by atoms with Crippen LogP contribution in [0.1, 0.15) is 29.6 Å². The van der Waals surface area contributed by atoms with Crippen LogP contribution in [0, 0.1) is 10.1 Å². The number of fused-ring (bicyclic) bond motifs is 1. The average molecular weight is 723 g/mol. The standard InChI is InChI=1S/C34H38N6O10S/c1-23(42)39-22-29(28-5-3-4-6-30(28)39)24-19-31(34(43)36-14-13-35-32-12-7-25(21-37-32)40(44)45)50-33(20-24)49-18-16-38(15-17-41)51(46,47)27-10-8-26(48-2)9-11-27/h3-12,19,21-22,24,33,41H,13-18,20H2,1-2H3,(H,35,37)(H,36,43)/t24-,33+/m1/s1. The number of para-hydroxylation sites is 1. The van der Waals surface area contributed by atoms with Gasteiger partial charge in [-0.2, -0.15) is 4.31 Å². The van der Waals surface area contributed by atoms with E-state index in [4.69, 9.17) is 14.2 Å². The number of pyridine rings is 1. The molecule has 0 saturated carbocycles. The number of rotatable bonds is 16. The van der Waals surface area contributed by atoms with Crippen molar-refractivity contribution in [1.82, 2.24) is 19.2 Å². The van der Waals surface area contributed by atoms with Gasteiger partial charge in [0.05, 0.1) is 35.7 Å². The fraction of sp³-hybridized carbons (Fsp3) is 0.324. The Morgan fingerprint density at radius 1 is 1.12 bits per heavy atom. The highest BCUT2D eigenvalue weighted by atomic mass is 32.2.